The van der Waals surface area contributed by atoms with Gasteiger partial charge in [0.2, 0.25) is 11.8 Å². The fourth-order valence-electron chi connectivity index (χ4n) is 3.41. The Morgan fingerprint density at radius 1 is 1.16 bits per heavy atom. The zero-order chi connectivity index (χ0) is 13.2. The molecule has 3 rings (SSSR count). The summed E-state index contributed by atoms with van der Waals surface area (Å²) in [6.07, 6.45) is 6.50. The average Bonchev–Trinajstić information content (AvgIpc) is 2.40. The molecule has 0 aromatic carbocycles. The minimum absolute atomic E-state index is 0.297. The second-order valence-electron chi connectivity index (χ2n) is 5.63. The van der Waals surface area contributed by atoms with Crippen LogP contribution in [-0.4, -0.2) is 42.2 Å². The zero-order valence-electron chi connectivity index (χ0n) is 11.7. The van der Waals surface area contributed by atoms with Gasteiger partial charge in [-0.1, -0.05) is 12.5 Å². The van der Waals surface area contributed by atoms with Gasteiger partial charge in [0, 0.05) is 24.2 Å². The Morgan fingerprint density at radius 2 is 1.84 bits per heavy atom. The summed E-state index contributed by atoms with van der Waals surface area (Å²) in [7, 11) is 3.89. The fraction of sp³-hybridized carbons (Fsp3) is 0.667. The topological polar surface area (TPSA) is 34.6 Å². The van der Waals surface area contributed by atoms with Crippen LogP contribution < -0.4 is 9.47 Å². The summed E-state index contributed by atoms with van der Waals surface area (Å²) in [5.74, 6) is 1.30. The highest BCUT2D eigenvalue weighted by Crippen LogP contribution is 2.34. The molecule has 3 heterocycles. The Balaban J connectivity index is 1.67. The predicted molar refractivity (Wildman–Crippen MR) is 73.6 cm³/mol. The molecular formula is C15H22N2O2. The minimum atomic E-state index is 0.297. The van der Waals surface area contributed by atoms with Crippen LogP contribution in [0.4, 0.5) is 0 Å². The van der Waals surface area contributed by atoms with E-state index in [1.165, 1.54) is 19.3 Å². The molecular weight excluding hydrogens is 240 g/mol. The van der Waals surface area contributed by atoms with Gasteiger partial charge in [-0.3, -0.25) is 0 Å². The Labute approximate surface area is 114 Å². The highest BCUT2D eigenvalue weighted by atomic mass is 16.5. The van der Waals surface area contributed by atoms with E-state index in [0.29, 0.717) is 29.9 Å². The highest BCUT2D eigenvalue weighted by Gasteiger charge is 2.36. The number of nitrogens with zero attached hydrogens (tertiary/aromatic N) is 2. The molecule has 2 saturated heterocycles. The average molecular weight is 262 g/mol. The molecule has 2 fully saturated rings. The standard InChI is InChI=1S/C15H22N2O2/c1-17-11-5-3-6-12(17)10-13(9-11)19-15-8-4-7-14(16-15)18-2/h4,7-8,11-13H,3,5-6,9-10H2,1-2H3/t11-,12+,13?. The maximum atomic E-state index is 6.06. The first-order chi connectivity index (χ1) is 9.26. The van der Waals surface area contributed by atoms with Crippen molar-refractivity contribution < 1.29 is 9.47 Å². The van der Waals surface area contributed by atoms with Gasteiger partial charge in [-0.05, 0) is 32.7 Å². The molecule has 4 nitrogen and oxygen atoms in total. The van der Waals surface area contributed by atoms with Crippen LogP contribution in [0.15, 0.2) is 18.2 Å². The van der Waals surface area contributed by atoms with Crippen molar-refractivity contribution in [1.29, 1.82) is 0 Å². The van der Waals surface area contributed by atoms with Crippen LogP contribution in [0.25, 0.3) is 0 Å². The number of hydrogen-bond donors (Lipinski definition) is 0. The molecule has 4 heteroatoms. The summed E-state index contributed by atoms with van der Waals surface area (Å²) in [5.41, 5.74) is 0. The molecule has 1 aromatic heterocycles. The van der Waals surface area contributed by atoms with Crippen molar-refractivity contribution in [2.75, 3.05) is 14.2 Å². The smallest absolute Gasteiger partial charge is 0.216 e. The van der Waals surface area contributed by atoms with Crippen molar-refractivity contribution in [3.63, 3.8) is 0 Å². The number of piperidine rings is 2. The number of ether oxygens (including phenoxy) is 2. The summed E-state index contributed by atoms with van der Waals surface area (Å²) in [6.45, 7) is 0. The second-order valence-corrected chi connectivity index (χ2v) is 5.63. The fourth-order valence-corrected chi connectivity index (χ4v) is 3.41. The van der Waals surface area contributed by atoms with E-state index in [0.717, 1.165) is 12.8 Å². The van der Waals surface area contributed by atoms with E-state index in [-0.39, 0.29) is 0 Å². The van der Waals surface area contributed by atoms with Crippen molar-refractivity contribution in [3.8, 4) is 11.8 Å². The van der Waals surface area contributed by atoms with Gasteiger partial charge in [0.1, 0.15) is 6.10 Å². The van der Waals surface area contributed by atoms with E-state index >= 15 is 0 Å². The first kappa shape index (κ1) is 12.7. The third-order valence-electron chi connectivity index (χ3n) is 4.49. The van der Waals surface area contributed by atoms with Gasteiger partial charge in [0.15, 0.2) is 0 Å². The summed E-state index contributed by atoms with van der Waals surface area (Å²) < 4.78 is 11.2. The van der Waals surface area contributed by atoms with Gasteiger partial charge in [0.25, 0.3) is 0 Å². The minimum Gasteiger partial charge on any atom is -0.481 e. The quantitative estimate of drug-likeness (QED) is 0.838. The molecule has 0 aliphatic carbocycles. The van der Waals surface area contributed by atoms with E-state index < -0.39 is 0 Å². The van der Waals surface area contributed by atoms with Crippen molar-refractivity contribution in [1.82, 2.24) is 9.88 Å². The lowest BCUT2D eigenvalue weighted by Crippen LogP contribution is -2.52. The molecule has 2 aliphatic rings. The number of methoxy groups -OCH3 is 1. The molecule has 1 unspecified atom stereocenters. The number of rotatable bonds is 3. The lowest BCUT2D eigenvalue weighted by Gasteiger charge is -2.46. The van der Waals surface area contributed by atoms with Crippen molar-refractivity contribution in [3.05, 3.63) is 18.2 Å². The zero-order valence-corrected chi connectivity index (χ0v) is 11.7. The van der Waals surface area contributed by atoms with E-state index in [9.17, 15) is 0 Å². The Hall–Kier alpha value is -1.29. The Bertz CT molecular complexity index is 424. The number of aromatic nitrogens is 1. The monoisotopic (exact) mass is 262 g/mol. The molecule has 3 atom stereocenters. The summed E-state index contributed by atoms with van der Waals surface area (Å²) in [6, 6.07) is 7.05. The number of pyridine rings is 1. The van der Waals surface area contributed by atoms with Gasteiger partial charge in [0.05, 0.1) is 7.11 Å². The van der Waals surface area contributed by atoms with Crippen LogP contribution in [0.3, 0.4) is 0 Å². The van der Waals surface area contributed by atoms with Crippen LogP contribution in [0, 0.1) is 0 Å². The molecule has 2 bridgehead atoms. The molecule has 0 amide bonds. The van der Waals surface area contributed by atoms with Gasteiger partial charge in [-0.25, -0.2) is 0 Å². The maximum Gasteiger partial charge on any atom is 0.216 e. The van der Waals surface area contributed by atoms with Gasteiger partial charge in [-0.15, -0.1) is 0 Å². The van der Waals surface area contributed by atoms with Crippen LogP contribution in [0.2, 0.25) is 0 Å². The highest BCUT2D eigenvalue weighted by molar-refractivity contribution is 5.20. The van der Waals surface area contributed by atoms with Crippen LogP contribution >= 0.6 is 0 Å². The summed E-state index contributed by atoms with van der Waals surface area (Å²) in [4.78, 5) is 6.88. The molecule has 0 spiro atoms. The third kappa shape index (κ3) is 2.68. The van der Waals surface area contributed by atoms with E-state index in [1.54, 1.807) is 7.11 Å². The first-order valence-electron chi connectivity index (χ1n) is 7.16. The molecule has 0 N–H and O–H groups in total. The lowest BCUT2D eigenvalue weighted by atomic mass is 9.83. The molecule has 2 aliphatic heterocycles. The number of hydrogen-bond acceptors (Lipinski definition) is 4. The largest absolute Gasteiger partial charge is 0.481 e. The molecule has 0 radical (unpaired) electrons. The summed E-state index contributed by atoms with van der Waals surface area (Å²) in [5, 5.41) is 0. The van der Waals surface area contributed by atoms with Gasteiger partial charge in [-0.2, -0.15) is 4.98 Å². The van der Waals surface area contributed by atoms with E-state index in [4.69, 9.17) is 9.47 Å². The van der Waals surface area contributed by atoms with E-state index in [2.05, 4.69) is 16.9 Å². The predicted octanol–water partition coefficient (Wildman–Crippen LogP) is 2.48. The maximum absolute atomic E-state index is 6.06. The third-order valence-corrected chi connectivity index (χ3v) is 4.49. The van der Waals surface area contributed by atoms with E-state index in [1.807, 2.05) is 18.2 Å². The molecule has 19 heavy (non-hydrogen) atoms. The number of fused-ring (bicyclic) bond motifs is 2. The molecule has 1 aromatic rings. The van der Waals surface area contributed by atoms with Crippen LogP contribution in [0.1, 0.15) is 32.1 Å². The lowest BCUT2D eigenvalue weighted by molar-refractivity contribution is -0.00157. The van der Waals surface area contributed by atoms with Crippen LogP contribution in [-0.2, 0) is 0 Å². The van der Waals surface area contributed by atoms with Crippen molar-refractivity contribution in [2.24, 2.45) is 0 Å². The Kier molecular flexibility index (Phi) is 3.60. The normalized spacial score (nSPS) is 30.9. The van der Waals surface area contributed by atoms with Crippen molar-refractivity contribution >= 4 is 0 Å². The van der Waals surface area contributed by atoms with Crippen LogP contribution in [0.5, 0.6) is 11.8 Å². The SMILES string of the molecule is COc1cccc(OC2C[C@H]3CCC[C@@H](C2)N3C)n1. The molecule has 104 valence electrons. The van der Waals surface area contributed by atoms with Gasteiger partial charge >= 0.3 is 0 Å². The van der Waals surface area contributed by atoms with Gasteiger partial charge < -0.3 is 14.4 Å². The molecule has 0 saturated carbocycles. The second kappa shape index (κ2) is 5.37. The summed E-state index contributed by atoms with van der Waals surface area (Å²) >= 11 is 0. The Morgan fingerprint density at radius 3 is 2.53 bits per heavy atom. The van der Waals surface area contributed by atoms with Crippen molar-refractivity contribution in [2.45, 2.75) is 50.3 Å². The first-order valence-corrected chi connectivity index (χ1v) is 7.16.